The van der Waals surface area contributed by atoms with E-state index < -0.39 is 18.8 Å². The Morgan fingerprint density at radius 2 is 1.90 bits per heavy atom. The van der Waals surface area contributed by atoms with Gasteiger partial charge in [0.25, 0.3) is 0 Å². The second-order valence-corrected chi connectivity index (χ2v) is 2.07. The maximum atomic E-state index is 11.4. The number of rotatable bonds is 3. The molecule has 0 aromatic carbocycles. The predicted octanol–water partition coefficient (Wildman–Crippen LogP) is 0.996. The van der Waals surface area contributed by atoms with Gasteiger partial charge in [0.05, 0.1) is 0 Å². The van der Waals surface area contributed by atoms with E-state index in [1.165, 1.54) is 0 Å². The fourth-order valence-electron chi connectivity index (χ4n) is 0.512. The normalized spacial score (nSPS) is 15.3. The predicted molar refractivity (Wildman–Crippen MR) is 30.1 cm³/mol. The van der Waals surface area contributed by atoms with Crippen LogP contribution in [0.15, 0.2) is 0 Å². The van der Waals surface area contributed by atoms with E-state index in [1.54, 1.807) is 0 Å². The summed E-state index contributed by atoms with van der Waals surface area (Å²) < 4.78 is 34.2. The third kappa shape index (κ3) is 7.71. The van der Waals surface area contributed by atoms with Gasteiger partial charge in [-0.25, -0.2) is 0 Å². The highest BCUT2D eigenvalue weighted by Crippen LogP contribution is 2.22. The Morgan fingerprint density at radius 3 is 2.20 bits per heavy atom. The molecule has 3 N–H and O–H groups in total. The highest BCUT2D eigenvalue weighted by molar-refractivity contribution is 4.52. The van der Waals surface area contributed by atoms with Crippen molar-refractivity contribution in [1.29, 1.82) is 0 Å². The molecule has 0 heterocycles. The second-order valence-electron chi connectivity index (χ2n) is 2.07. The maximum Gasteiger partial charge on any atom is 0.389 e. The van der Waals surface area contributed by atoms with Crippen molar-refractivity contribution in [3.05, 3.63) is 0 Å². The molecule has 0 spiro atoms. The lowest BCUT2D eigenvalue weighted by Gasteiger charge is -2.06. The zero-order valence-electron chi connectivity index (χ0n) is 5.36. The van der Waals surface area contributed by atoms with Crippen molar-refractivity contribution >= 4 is 0 Å². The molecular weight excluding hydrogens is 147 g/mol. The fraction of sp³-hybridized carbons (Fsp3) is 1.00. The third-order valence-electron chi connectivity index (χ3n) is 0.960. The first-order chi connectivity index (χ1) is 4.42. The lowest BCUT2D eigenvalue weighted by atomic mass is 10.2. The van der Waals surface area contributed by atoms with Crippen LogP contribution in [0.25, 0.3) is 0 Å². The van der Waals surface area contributed by atoms with Crippen molar-refractivity contribution in [1.82, 2.24) is 0 Å². The molecule has 0 aromatic heterocycles. The summed E-state index contributed by atoms with van der Waals surface area (Å²) in [6.07, 6.45) is -6.24. The largest absolute Gasteiger partial charge is 0.389 e. The quantitative estimate of drug-likeness (QED) is 0.600. The monoisotopic (exact) mass is 157 g/mol. The van der Waals surface area contributed by atoms with Crippen LogP contribution in [0.4, 0.5) is 13.2 Å². The maximum absolute atomic E-state index is 11.4. The highest BCUT2D eigenvalue weighted by atomic mass is 19.4. The Labute approximate surface area is 56.8 Å². The molecule has 2 nitrogen and oxygen atoms in total. The lowest BCUT2D eigenvalue weighted by molar-refractivity contribution is -0.136. The van der Waals surface area contributed by atoms with Crippen molar-refractivity contribution in [2.45, 2.75) is 31.7 Å². The van der Waals surface area contributed by atoms with Gasteiger partial charge in [-0.3, -0.25) is 0 Å². The number of alkyl halides is 3. The Kier molecular flexibility index (Phi) is 3.67. The smallest absolute Gasteiger partial charge is 0.379 e. The number of hydrogen-bond acceptors (Lipinski definition) is 2. The Hall–Kier alpha value is -0.290. The van der Waals surface area contributed by atoms with Gasteiger partial charge in [-0.2, -0.15) is 13.2 Å². The standard InChI is InChI=1S/C5H10F3NO/c6-5(7,8)3-1-2-4(9)10/h4,10H,1-3,9H2. The fourth-order valence-corrected chi connectivity index (χ4v) is 0.512. The van der Waals surface area contributed by atoms with Crippen molar-refractivity contribution in [2.75, 3.05) is 0 Å². The SMILES string of the molecule is NC(O)CCCC(F)(F)F. The van der Waals surface area contributed by atoms with Crippen LogP contribution in [0, 0.1) is 0 Å². The van der Waals surface area contributed by atoms with Gasteiger partial charge in [0.1, 0.15) is 6.23 Å². The molecule has 0 saturated heterocycles. The number of hydrogen-bond donors (Lipinski definition) is 2. The van der Waals surface area contributed by atoms with Crippen molar-refractivity contribution in [2.24, 2.45) is 5.73 Å². The summed E-state index contributed by atoms with van der Waals surface area (Å²) in [6.45, 7) is 0. The van der Waals surface area contributed by atoms with E-state index in [0.717, 1.165) is 0 Å². The molecule has 0 bridgehead atoms. The van der Waals surface area contributed by atoms with E-state index in [1.807, 2.05) is 0 Å². The van der Waals surface area contributed by atoms with E-state index in [0.29, 0.717) is 0 Å². The van der Waals surface area contributed by atoms with Crippen LogP contribution < -0.4 is 5.73 Å². The molecule has 1 atom stereocenters. The Balaban J connectivity index is 3.21. The van der Waals surface area contributed by atoms with Crippen molar-refractivity contribution < 1.29 is 18.3 Å². The summed E-state index contributed by atoms with van der Waals surface area (Å²) in [4.78, 5) is 0. The molecule has 0 amide bonds. The molecule has 0 saturated carbocycles. The minimum Gasteiger partial charge on any atom is -0.379 e. The van der Waals surface area contributed by atoms with E-state index in [9.17, 15) is 13.2 Å². The summed E-state index contributed by atoms with van der Waals surface area (Å²) in [5.41, 5.74) is 4.81. The van der Waals surface area contributed by atoms with Gasteiger partial charge < -0.3 is 10.8 Å². The van der Waals surface area contributed by atoms with Gasteiger partial charge in [0, 0.05) is 6.42 Å². The lowest BCUT2D eigenvalue weighted by Crippen LogP contribution is -2.19. The van der Waals surface area contributed by atoms with Crippen LogP contribution in [0.1, 0.15) is 19.3 Å². The summed E-state index contributed by atoms with van der Waals surface area (Å²) in [6, 6.07) is 0. The van der Waals surface area contributed by atoms with E-state index in [2.05, 4.69) is 0 Å². The van der Waals surface area contributed by atoms with Gasteiger partial charge in [0.2, 0.25) is 0 Å². The highest BCUT2D eigenvalue weighted by Gasteiger charge is 2.26. The average molecular weight is 157 g/mol. The molecule has 0 aliphatic heterocycles. The van der Waals surface area contributed by atoms with Crippen molar-refractivity contribution in [3.8, 4) is 0 Å². The summed E-state index contributed by atoms with van der Waals surface area (Å²) in [5, 5.41) is 8.36. The summed E-state index contributed by atoms with van der Waals surface area (Å²) in [7, 11) is 0. The average Bonchev–Trinajstić information content (AvgIpc) is 1.59. The van der Waals surface area contributed by atoms with Crippen LogP contribution in [0.3, 0.4) is 0 Å². The minimum absolute atomic E-state index is 0.000486. The molecule has 0 aliphatic rings. The van der Waals surface area contributed by atoms with Crippen LogP contribution in [-0.4, -0.2) is 17.5 Å². The van der Waals surface area contributed by atoms with Gasteiger partial charge in [0.15, 0.2) is 0 Å². The molecule has 1 unspecified atom stereocenters. The molecule has 0 aliphatic carbocycles. The van der Waals surface area contributed by atoms with Crippen LogP contribution in [0.5, 0.6) is 0 Å². The summed E-state index contributed by atoms with van der Waals surface area (Å²) >= 11 is 0. The third-order valence-corrected chi connectivity index (χ3v) is 0.960. The molecule has 0 aromatic rings. The molecule has 5 heteroatoms. The first-order valence-electron chi connectivity index (χ1n) is 2.92. The van der Waals surface area contributed by atoms with Crippen LogP contribution in [-0.2, 0) is 0 Å². The van der Waals surface area contributed by atoms with Gasteiger partial charge in [-0.05, 0) is 12.8 Å². The van der Waals surface area contributed by atoms with Crippen LogP contribution in [0.2, 0.25) is 0 Å². The number of nitrogens with two attached hydrogens (primary N) is 1. The topological polar surface area (TPSA) is 46.2 Å². The van der Waals surface area contributed by atoms with E-state index >= 15 is 0 Å². The summed E-state index contributed by atoms with van der Waals surface area (Å²) in [5.74, 6) is 0. The van der Waals surface area contributed by atoms with Gasteiger partial charge >= 0.3 is 6.18 Å². The van der Waals surface area contributed by atoms with E-state index in [4.69, 9.17) is 10.8 Å². The zero-order valence-corrected chi connectivity index (χ0v) is 5.36. The number of halogens is 3. The Morgan fingerprint density at radius 1 is 1.40 bits per heavy atom. The Bertz CT molecular complexity index is 91.4. The number of aliphatic hydroxyl groups is 1. The zero-order chi connectivity index (χ0) is 8.20. The molecule has 10 heavy (non-hydrogen) atoms. The second kappa shape index (κ2) is 3.78. The first kappa shape index (κ1) is 9.71. The molecule has 0 fully saturated rings. The molecule has 62 valence electrons. The molecule has 0 rings (SSSR count). The van der Waals surface area contributed by atoms with Gasteiger partial charge in [-0.1, -0.05) is 0 Å². The first-order valence-corrected chi connectivity index (χ1v) is 2.92. The molecular formula is C5H10F3NO. The molecule has 0 radical (unpaired) electrons. The van der Waals surface area contributed by atoms with Crippen molar-refractivity contribution in [3.63, 3.8) is 0 Å². The minimum atomic E-state index is -4.13. The van der Waals surface area contributed by atoms with Gasteiger partial charge in [-0.15, -0.1) is 0 Å². The number of aliphatic hydroxyl groups excluding tert-OH is 1. The van der Waals surface area contributed by atoms with E-state index in [-0.39, 0.29) is 12.8 Å². The van der Waals surface area contributed by atoms with Crippen LogP contribution >= 0.6 is 0 Å².